The van der Waals surface area contributed by atoms with Crippen LogP contribution >= 0.6 is 0 Å². The quantitative estimate of drug-likeness (QED) is 0.461. The van der Waals surface area contributed by atoms with Gasteiger partial charge in [0, 0.05) is 13.1 Å². The Morgan fingerprint density at radius 1 is 1.23 bits per heavy atom. The number of hydrogen-bond donors (Lipinski definition) is 4. The largest absolute Gasteiger partial charge is 0.385 e. The Labute approximate surface area is 150 Å². The lowest BCUT2D eigenvalue weighted by atomic mass is 10.3. The number of rotatable bonds is 5. The summed E-state index contributed by atoms with van der Waals surface area (Å²) in [4.78, 5) is 15.5. The molecule has 0 spiro atoms. The molecule has 4 N–H and O–H groups in total. The molecule has 2 aromatic rings. The number of H-pyrrole nitrogens is 1. The lowest BCUT2D eigenvalue weighted by Gasteiger charge is -2.26. The number of nitrogens with one attached hydrogen (secondary N) is 3. The van der Waals surface area contributed by atoms with Crippen LogP contribution in [0.4, 0.5) is 5.95 Å². The molecule has 10 heteroatoms. The number of quaternary nitrogens is 1. The lowest BCUT2D eigenvalue weighted by molar-refractivity contribution is -0.911. The first kappa shape index (κ1) is 17.4. The van der Waals surface area contributed by atoms with Crippen molar-refractivity contribution < 1.29 is 19.5 Å². The van der Waals surface area contributed by atoms with E-state index < -0.39 is 6.10 Å². The number of aliphatic hydroxyl groups is 1. The van der Waals surface area contributed by atoms with Gasteiger partial charge < -0.3 is 33.9 Å². The van der Waals surface area contributed by atoms with E-state index in [1.165, 1.54) is 4.90 Å². The molecule has 2 saturated heterocycles. The third-order valence-electron chi connectivity index (χ3n) is 4.95. The summed E-state index contributed by atoms with van der Waals surface area (Å²) in [6.45, 7) is 7.28. The Balaban J connectivity index is 1.53. The van der Waals surface area contributed by atoms with Crippen LogP contribution in [-0.4, -0.2) is 89.9 Å². The van der Waals surface area contributed by atoms with Gasteiger partial charge in [-0.05, 0) is 0 Å². The second-order valence-electron chi connectivity index (χ2n) is 6.82. The summed E-state index contributed by atoms with van der Waals surface area (Å²) in [6, 6.07) is 0. The fourth-order valence-electron chi connectivity index (χ4n) is 3.52. The Kier molecular flexibility index (Phi) is 5.16. The van der Waals surface area contributed by atoms with Crippen molar-refractivity contribution >= 4 is 17.1 Å². The zero-order chi connectivity index (χ0) is 17.9. The van der Waals surface area contributed by atoms with E-state index >= 15 is 0 Å². The number of nitrogens with zero attached hydrogens (tertiary/aromatic N) is 4. The number of hydrogen-bond acceptors (Lipinski definition) is 7. The maximum absolute atomic E-state index is 10.5. The molecule has 2 aliphatic rings. The van der Waals surface area contributed by atoms with Gasteiger partial charge in [-0.1, -0.05) is 0 Å². The molecule has 2 aromatic heterocycles. The van der Waals surface area contributed by atoms with E-state index in [0.717, 1.165) is 45.3 Å². The van der Waals surface area contributed by atoms with Gasteiger partial charge in [0.05, 0.1) is 39.3 Å². The molecule has 4 rings (SSSR count). The molecular weight excluding hydrogens is 338 g/mol. The minimum atomic E-state index is -0.502. The number of anilines is 1. The van der Waals surface area contributed by atoms with Gasteiger partial charge in [0.2, 0.25) is 5.95 Å². The van der Waals surface area contributed by atoms with Crippen LogP contribution in [0.3, 0.4) is 0 Å². The van der Waals surface area contributed by atoms with Gasteiger partial charge >= 0.3 is 0 Å². The Hall–Kier alpha value is -2.01. The third kappa shape index (κ3) is 3.73. The molecular formula is C16H26N7O3+. The molecule has 2 aliphatic heterocycles. The molecule has 142 valence electrons. The summed E-state index contributed by atoms with van der Waals surface area (Å²) in [5, 5.41) is 18.6. The highest BCUT2D eigenvalue weighted by atomic mass is 16.5. The normalized spacial score (nSPS) is 20.6. The van der Waals surface area contributed by atoms with Crippen LogP contribution in [0.15, 0.2) is 6.33 Å². The SMILES string of the molecule is N=c1ncn(C[C@@H](O)C[NH+]2CCOCC2)c2nc(N3CCOCC3)[nH]c12. The van der Waals surface area contributed by atoms with Gasteiger partial charge in [-0.2, -0.15) is 4.98 Å². The topological polar surface area (TPSA) is 117 Å². The fourth-order valence-corrected chi connectivity index (χ4v) is 3.52. The summed E-state index contributed by atoms with van der Waals surface area (Å²) < 4.78 is 12.6. The van der Waals surface area contributed by atoms with Crippen molar-refractivity contribution in [1.82, 2.24) is 19.5 Å². The van der Waals surface area contributed by atoms with Gasteiger partial charge in [-0.15, -0.1) is 0 Å². The van der Waals surface area contributed by atoms with Crippen molar-refractivity contribution in [2.45, 2.75) is 12.6 Å². The molecule has 0 aromatic carbocycles. The number of morpholine rings is 2. The molecule has 2 fully saturated rings. The second kappa shape index (κ2) is 7.70. The molecule has 0 aliphatic carbocycles. The molecule has 1 atom stereocenters. The lowest BCUT2D eigenvalue weighted by Crippen LogP contribution is -3.15. The maximum Gasteiger partial charge on any atom is 0.205 e. The van der Waals surface area contributed by atoms with Crippen molar-refractivity contribution in [2.24, 2.45) is 0 Å². The van der Waals surface area contributed by atoms with Crippen LogP contribution in [0.25, 0.3) is 11.2 Å². The number of imidazole rings is 1. The van der Waals surface area contributed by atoms with Gasteiger partial charge in [0.15, 0.2) is 11.1 Å². The van der Waals surface area contributed by atoms with Crippen molar-refractivity contribution in [3.05, 3.63) is 11.8 Å². The fraction of sp³-hybridized carbons (Fsp3) is 0.688. The average molecular weight is 364 g/mol. The molecule has 0 radical (unpaired) electrons. The maximum atomic E-state index is 10.5. The predicted molar refractivity (Wildman–Crippen MR) is 93.2 cm³/mol. The van der Waals surface area contributed by atoms with Crippen LogP contribution in [0, 0.1) is 5.41 Å². The highest BCUT2D eigenvalue weighted by Gasteiger charge is 2.21. The summed E-state index contributed by atoms with van der Waals surface area (Å²) in [6.07, 6.45) is 1.09. The average Bonchev–Trinajstić information content (AvgIpc) is 3.12. The highest BCUT2D eigenvalue weighted by Crippen LogP contribution is 2.15. The van der Waals surface area contributed by atoms with E-state index in [-0.39, 0.29) is 5.49 Å². The van der Waals surface area contributed by atoms with Crippen molar-refractivity contribution in [2.75, 3.05) is 64.1 Å². The first-order valence-electron chi connectivity index (χ1n) is 9.12. The van der Waals surface area contributed by atoms with E-state index in [1.807, 2.05) is 4.57 Å². The van der Waals surface area contributed by atoms with Crippen LogP contribution in [0.2, 0.25) is 0 Å². The standard InChI is InChI=1S/C16H25N7O3/c17-14-13-15(20-16(19-13)22-3-7-26-8-4-22)23(11-18-14)10-12(24)9-21-1-5-25-6-2-21/h11-12,17,24H,1-10H2,(H,19,20)/p+1/t12-/m0/s1. The third-order valence-corrected chi connectivity index (χ3v) is 4.95. The monoisotopic (exact) mass is 364 g/mol. The van der Waals surface area contributed by atoms with E-state index in [0.29, 0.717) is 37.5 Å². The zero-order valence-electron chi connectivity index (χ0n) is 14.8. The highest BCUT2D eigenvalue weighted by molar-refractivity contribution is 5.72. The smallest absolute Gasteiger partial charge is 0.205 e. The number of aromatic amines is 1. The molecule has 10 nitrogen and oxygen atoms in total. The van der Waals surface area contributed by atoms with Gasteiger partial charge in [-0.3, -0.25) is 5.41 Å². The van der Waals surface area contributed by atoms with E-state index in [2.05, 4.69) is 19.9 Å². The molecule has 0 unspecified atom stereocenters. The van der Waals surface area contributed by atoms with Crippen LogP contribution < -0.4 is 15.3 Å². The summed E-state index contributed by atoms with van der Waals surface area (Å²) >= 11 is 0. The molecule has 26 heavy (non-hydrogen) atoms. The molecule has 0 bridgehead atoms. The molecule has 0 saturated carbocycles. The van der Waals surface area contributed by atoms with Gasteiger partial charge in [-0.25, -0.2) is 4.98 Å². The number of ether oxygens (including phenoxy) is 2. The van der Waals surface area contributed by atoms with Crippen LogP contribution in [-0.2, 0) is 16.0 Å². The van der Waals surface area contributed by atoms with E-state index in [9.17, 15) is 5.11 Å². The van der Waals surface area contributed by atoms with E-state index in [1.54, 1.807) is 6.33 Å². The Bertz CT molecular complexity index is 793. The first-order chi connectivity index (χ1) is 12.7. The molecule has 4 heterocycles. The minimum absolute atomic E-state index is 0.163. The number of aliphatic hydroxyl groups excluding tert-OH is 1. The summed E-state index contributed by atoms with van der Waals surface area (Å²) in [5.74, 6) is 0.729. The van der Waals surface area contributed by atoms with Crippen LogP contribution in [0.1, 0.15) is 0 Å². The number of aromatic nitrogens is 4. The van der Waals surface area contributed by atoms with E-state index in [4.69, 9.17) is 14.9 Å². The van der Waals surface area contributed by atoms with Crippen molar-refractivity contribution in [3.8, 4) is 0 Å². The summed E-state index contributed by atoms with van der Waals surface area (Å²) in [7, 11) is 0. The Morgan fingerprint density at radius 3 is 2.73 bits per heavy atom. The summed E-state index contributed by atoms with van der Waals surface area (Å²) in [5.41, 5.74) is 1.42. The van der Waals surface area contributed by atoms with Crippen molar-refractivity contribution in [3.63, 3.8) is 0 Å². The predicted octanol–water partition coefficient (Wildman–Crippen LogP) is -2.65. The van der Waals surface area contributed by atoms with Gasteiger partial charge in [0.25, 0.3) is 0 Å². The van der Waals surface area contributed by atoms with Gasteiger partial charge in [0.1, 0.15) is 31.3 Å². The first-order valence-corrected chi connectivity index (χ1v) is 9.12. The minimum Gasteiger partial charge on any atom is -0.385 e. The second-order valence-corrected chi connectivity index (χ2v) is 6.82. The molecule has 0 amide bonds. The zero-order valence-corrected chi connectivity index (χ0v) is 14.8. The van der Waals surface area contributed by atoms with Crippen LogP contribution in [0.5, 0.6) is 0 Å². The number of fused-ring (bicyclic) bond motifs is 1. The van der Waals surface area contributed by atoms with Crippen molar-refractivity contribution in [1.29, 1.82) is 5.41 Å². The Morgan fingerprint density at radius 2 is 1.96 bits per heavy atom.